The van der Waals surface area contributed by atoms with E-state index in [4.69, 9.17) is 9.15 Å². The molecule has 78 valence electrons. The molecule has 1 aromatic carbocycles. The van der Waals surface area contributed by atoms with Crippen LogP contribution in [0.1, 0.15) is 16.1 Å². The minimum absolute atomic E-state index is 0.153. The van der Waals surface area contributed by atoms with Crippen LogP contribution in [-0.2, 0) is 11.3 Å². The molecule has 0 bridgehead atoms. The first-order valence-corrected chi connectivity index (χ1v) is 4.43. The number of benzene rings is 1. The number of furan rings is 1. The molecule has 0 fully saturated rings. The fourth-order valence-corrected chi connectivity index (χ4v) is 1.45. The minimum Gasteiger partial charge on any atom is -0.542 e. The van der Waals surface area contributed by atoms with Crippen LogP contribution in [0.15, 0.2) is 28.7 Å². The van der Waals surface area contributed by atoms with Crippen molar-refractivity contribution in [3.05, 3.63) is 35.6 Å². The van der Waals surface area contributed by atoms with Gasteiger partial charge in [-0.3, -0.25) is 0 Å². The number of aromatic carboxylic acids is 1. The van der Waals surface area contributed by atoms with Gasteiger partial charge in [0.25, 0.3) is 0 Å². The van der Waals surface area contributed by atoms with Crippen LogP contribution in [0.4, 0.5) is 0 Å². The standard InChI is InChI=1S/C11H10O4/c1-14-6-7-2-3-9-8(4-7)5-10(15-9)11(12)13/h2-5H,6H2,1H3,(H,12,13)/p-1. The summed E-state index contributed by atoms with van der Waals surface area (Å²) in [7, 11) is 1.60. The van der Waals surface area contributed by atoms with Crippen LogP contribution < -0.4 is 5.11 Å². The summed E-state index contributed by atoms with van der Waals surface area (Å²) in [4.78, 5) is 10.6. The Morgan fingerprint density at radius 1 is 1.47 bits per heavy atom. The molecule has 2 aromatic rings. The maximum absolute atomic E-state index is 10.6. The smallest absolute Gasteiger partial charge is 0.150 e. The Morgan fingerprint density at radius 2 is 2.27 bits per heavy atom. The third kappa shape index (κ3) is 1.85. The van der Waals surface area contributed by atoms with Gasteiger partial charge in [-0.1, -0.05) is 6.07 Å². The third-order valence-electron chi connectivity index (χ3n) is 2.09. The lowest BCUT2D eigenvalue weighted by molar-refractivity contribution is -0.256. The maximum atomic E-state index is 10.6. The first-order valence-electron chi connectivity index (χ1n) is 4.43. The molecule has 1 aromatic heterocycles. The van der Waals surface area contributed by atoms with Crippen molar-refractivity contribution in [2.75, 3.05) is 7.11 Å². The van der Waals surface area contributed by atoms with E-state index >= 15 is 0 Å². The fourth-order valence-electron chi connectivity index (χ4n) is 1.45. The van der Waals surface area contributed by atoms with Gasteiger partial charge in [0, 0.05) is 12.5 Å². The second-order valence-electron chi connectivity index (χ2n) is 3.20. The third-order valence-corrected chi connectivity index (χ3v) is 2.09. The molecule has 0 aliphatic heterocycles. The highest BCUT2D eigenvalue weighted by molar-refractivity contribution is 5.90. The first-order chi connectivity index (χ1) is 7.20. The quantitative estimate of drug-likeness (QED) is 0.748. The molecule has 0 atom stereocenters. The van der Waals surface area contributed by atoms with Gasteiger partial charge in [-0.2, -0.15) is 0 Å². The van der Waals surface area contributed by atoms with Crippen LogP contribution in [0, 0.1) is 0 Å². The highest BCUT2D eigenvalue weighted by Crippen LogP contribution is 2.20. The normalized spacial score (nSPS) is 10.7. The van der Waals surface area contributed by atoms with Gasteiger partial charge < -0.3 is 19.1 Å². The number of carbonyl (C=O) groups is 1. The zero-order valence-corrected chi connectivity index (χ0v) is 8.15. The number of fused-ring (bicyclic) bond motifs is 1. The maximum Gasteiger partial charge on any atom is 0.150 e. The molecule has 0 aliphatic carbocycles. The van der Waals surface area contributed by atoms with E-state index in [0.29, 0.717) is 12.2 Å². The molecule has 4 nitrogen and oxygen atoms in total. The first kappa shape index (κ1) is 9.73. The summed E-state index contributed by atoms with van der Waals surface area (Å²) >= 11 is 0. The molecule has 0 radical (unpaired) electrons. The monoisotopic (exact) mass is 205 g/mol. The predicted octanol–water partition coefficient (Wildman–Crippen LogP) is 0.943. The zero-order valence-electron chi connectivity index (χ0n) is 8.15. The Balaban J connectivity index is 2.47. The lowest BCUT2D eigenvalue weighted by Crippen LogP contribution is -2.21. The van der Waals surface area contributed by atoms with Gasteiger partial charge in [0.2, 0.25) is 0 Å². The van der Waals surface area contributed by atoms with Crippen molar-refractivity contribution in [2.24, 2.45) is 0 Å². The van der Waals surface area contributed by atoms with E-state index in [1.165, 1.54) is 6.07 Å². The van der Waals surface area contributed by atoms with Crippen molar-refractivity contribution in [3.63, 3.8) is 0 Å². The largest absolute Gasteiger partial charge is 0.542 e. The van der Waals surface area contributed by atoms with E-state index in [0.717, 1.165) is 10.9 Å². The van der Waals surface area contributed by atoms with Gasteiger partial charge >= 0.3 is 0 Å². The van der Waals surface area contributed by atoms with Gasteiger partial charge in [0.1, 0.15) is 11.6 Å². The molecule has 0 saturated carbocycles. The van der Waals surface area contributed by atoms with Crippen LogP contribution in [-0.4, -0.2) is 13.1 Å². The Labute approximate surface area is 86.1 Å². The molecule has 0 unspecified atom stereocenters. The Kier molecular flexibility index (Phi) is 2.43. The second-order valence-corrected chi connectivity index (χ2v) is 3.20. The molecule has 0 saturated heterocycles. The van der Waals surface area contributed by atoms with Crippen molar-refractivity contribution in [2.45, 2.75) is 6.61 Å². The number of hydrogen-bond acceptors (Lipinski definition) is 4. The van der Waals surface area contributed by atoms with Crippen LogP contribution in [0.2, 0.25) is 0 Å². The summed E-state index contributed by atoms with van der Waals surface area (Å²) in [5.41, 5.74) is 1.50. The van der Waals surface area contributed by atoms with Gasteiger partial charge in [0.05, 0.1) is 6.61 Å². The van der Waals surface area contributed by atoms with Gasteiger partial charge in [-0.15, -0.1) is 0 Å². The topological polar surface area (TPSA) is 62.5 Å². The number of hydrogen-bond donors (Lipinski definition) is 0. The highest BCUT2D eigenvalue weighted by atomic mass is 16.5. The lowest BCUT2D eigenvalue weighted by Gasteiger charge is -1.97. The Bertz CT molecular complexity index is 498. The molecule has 15 heavy (non-hydrogen) atoms. The van der Waals surface area contributed by atoms with Crippen LogP contribution in [0.3, 0.4) is 0 Å². The fraction of sp³-hybridized carbons (Fsp3) is 0.182. The summed E-state index contributed by atoms with van der Waals surface area (Å²) in [5.74, 6) is -1.46. The van der Waals surface area contributed by atoms with Crippen molar-refractivity contribution in [1.29, 1.82) is 0 Å². The summed E-state index contributed by atoms with van der Waals surface area (Å²) in [6, 6.07) is 6.82. The van der Waals surface area contributed by atoms with Gasteiger partial charge in [-0.25, -0.2) is 0 Å². The molecule has 0 aliphatic rings. The molecular formula is C11H9O4-. The van der Waals surface area contributed by atoms with E-state index in [1.807, 2.05) is 12.1 Å². The van der Waals surface area contributed by atoms with Crippen molar-refractivity contribution in [3.8, 4) is 0 Å². The molecular weight excluding hydrogens is 196 g/mol. The summed E-state index contributed by atoms with van der Waals surface area (Å²) in [6.45, 7) is 0.488. The average Bonchev–Trinajstić information content (AvgIpc) is 2.61. The lowest BCUT2D eigenvalue weighted by atomic mass is 10.2. The summed E-state index contributed by atoms with van der Waals surface area (Å²) in [6.07, 6.45) is 0. The molecule has 0 amide bonds. The number of methoxy groups -OCH3 is 1. The Morgan fingerprint density at radius 3 is 2.93 bits per heavy atom. The highest BCUT2D eigenvalue weighted by Gasteiger charge is 2.04. The number of carboxylic acid groups (broad SMARTS) is 1. The minimum atomic E-state index is -1.31. The van der Waals surface area contributed by atoms with E-state index in [1.54, 1.807) is 13.2 Å². The van der Waals surface area contributed by atoms with E-state index in [9.17, 15) is 9.90 Å². The summed E-state index contributed by atoms with van der Waals surface area (Å²) < 4.78 is 10.0. The number of carbonyl (C=O) groups excluding carboxylic acids is 1. The van der Waals surface area contributed by atoms with Crippen molar-refractivity contribution >= 4 is 16.9 Å². The average molecular weight is 205 g/mol. The SMILES string of the molecule is COCc1ccc2oc(C(=O)[O-])cc2c1. The van der Waals surface area contributed by atoms with Crippen molar-refractivity contribution in [1.82, 2.24) is 0 Å². The van der Waals surface area contributed by atoms with E-state index in [2.05, 4.69) is 0 Å². The molecule has 2 rings (SSSR count). The van der Waals surface area contributed by atoms with Crippen molar-refractivity contribution < 1.29 is 19.1 Å². The predicted molar refractivity (Wildman–Crippen MR) is 51.3 cm³/mol. The Hall–Kier alpha value is -1.81. The van der Waals surface area contributed by atoms with Crippen LogP contribution >= 0.6 is 0 Å². The second kappa shape index (κ2) is 3.74. The molecule has 4 heteroatoms. The molecule has 0 spiro atoms. The van der Waals surface area contributed by atoms with Gasteiger partial charge in [-0.05, 0) is 23.8 Å². The van der Waals surface area contributed by atoms with E-state index in [-0.39, 0.29) is 5.76 Å². The summed E-state index contributed by atoms with van der Waals surface area (Å²) in [5, 5.41) is 11.3. The van der Waals surface area contributed by atoms with E-state index < -0.39 is 5.97 Å². The molecule has 1 heterocycles. The molecule has 0 N–H and O–H groups in total. The number of rotatable bonds is 3. The van der Waals surface area contributed by atoms with Crippen LogP contribution in [0.25, 0.3) is 11.0 Å². The zero-order chi connectivity index (χ0) is 10.8. The van der Waals surface area contributed by atoms with Crippen LogP contribution in [0.5, 0.6) is 0 Å². The number of ether oxygens (including phenoxy) is 1. The number of carboxylic acids is 1. The van der Waals surface area contributed by atoms with Gasteiger partial charge in [0.15, 0.2) is 5.76 Å².